The topological polar surface area (TPSA) is 116 Å². The lowest BCUT2D eigenvalue weighted by Crippen LogP contribution is -2.48. The van der Waals surface area contributed by atoms with Gasteiger partial charge in [0.2, 0.25) is 0 Å². The van der Waals surface area contributed by atoms with Crippen LogP contribution in [0, 0.1) is 6.92 Å². The molecule has 0 bridgehead atoms. The number of piperazine rings is 1. The highest BCUT2D eigenvalue weighted by Crippen LogP contribution is 2.37. The first-order chi connectivity index (χ1) is 17.2. The van der Waals surface area contributed by atoms with Gasteiger partial charge in [-0.05, 0) is 31.1 Å². The SMILES string of the molecule is Cc1cccn2c(=O)c(/C=C3/SC(=S)N(C4CCS(=O)(=O)C4)C3=O)c(N3CCN(CCO)CC3)nc12. The van der Waals surface area contributed by atoms with E-state index in [1.807, 2.05) is 17.9 Å². The lowest BCUT2D eigenvalue weighted by molar-refractivity contribution is -0.123. The van der Waals surface area contributed by atoms with Crippen LogP contribution in [0.3, 0.4) is 0 Å². The summed E-state index contributed by atoms with van der Waals surface area (Å²) in [6.07, 6.45) is 3.57. The fourth-order valence-electron chi connectivity index (χ4n) is 4.90. The number of thioether (sulfide) groups is 1. The molecule has 1 atom stereocenters. The van der Waals surface area contributed by atoms with Crippen LogP contribution in [0.5, 0.6) is 0 Å². The second kappa shape index (κ2) is 9.86. The highest BCUT2D eigenvalue weighted by Gasteiger charge is 2.42. The zero-order valence-corrected chi connectivity index (χ0v) is 22.2. The van der Waals surface area contributed by atoms with Crippen LogP contribution >= 0.6 is 24.0 Å². The Morgan fingerprint density at radius 2 is 2.00 bits per heavy atom. The number of hydrogen-bond donors (Lipinski definition) is 1. The Kier molecular flexibility index (Phi) is 6.94. The zero-order valence-electron chi connectivity index (χ0n) is 19.8. The van der Waals surface area contributed by atoms with Gasteiger partial charge in [-0.25, -0.2) is 13.4 Å². The second-order valence-electron chi connectivity index (χ2n) is 9.20. The largest absolute Gasteiger partial charge is 0.395 e. The van der Waals surface area contributed by atoms with E-state index >= 15 is 0 Å². The van der Waals surface area contributed by atoms with Crippen LogP contribution < -0.4 is 10.5 Å². The third-order valence-electron chi connectivity index (χ3n) is 6.82. The number of sulfone groups is 1. The number of aliphatic hydroxyl groups is 1. The molecule has 0 saturated carbocycles. The van der Waals surface area contributed by atoms with Crippen molar-refractivity contribution in [1.29, 1.82) is 0 Å². The molecule has 0 aliphatic carbocycles. The number of β-amino-alcohol motifs (C(OH)–C–C–N with tert-alkyl or cyclic N) is 1. The van der Waals surface area contributed by atoms with Crippen LogP contribution in [0.15, 0.2) is 28.0 Å². The van der Waals surface area contributed by atoms with E-state index in [1.54, 1.807) is 18.3 Å². The van der Waals surface area contributed by atoms with Gasteiger partial charge in [-0.3, -0.25) is 23.8 Å². The summed E-state index contributed by atoms with van der Waals surface area (Å²) in [7, 11) is -3.19. The van der Waals surface area contributed by atoms with Crippen molar-refractivity contribution in [2.45, 2.75) is 19.4 Å². The molecular weight excluding hydrogens is 522 g/mol. The van der Waals surface area contributed by atoms with Crippen molar-refractivity contribution in [3.63, 3.8) is 0 Å². The average Bonchev–Trinajstić information content (AvgIpc) is 3.33. The van der Waals surface area contributed by atoms with Crippen molar-refractivity contribution in [3.05, 3.63) is 44.7 Å². The normalized spacial score (nSPS) is 23.9. The molecule has 36 heavy (non-hydrogen) atoms. The van der Waals surface area contributed by atoms with E-state index in [-0.39, 0.29) is 34.5 Å². The van der Waals surface area contributed by atoms with Gasteiger partial charge in [0.25, 0.3) is 11.5 Å². The van der Waals surface area contributed by atoms with Crippen molar-refractivity contribution in [2.24, 2.45) is 0 Å². The molecule has 5 heterocycles. The van der Waals surface area contributed by atoms with E-state index in [0.717, 1.165) is 17.3 Å². The van der Waals surface area contributed by atoms with Gasteiger partial charge in [0.1, 0.15) is 15.8 Å². The summed E-state index contributed by atoms with van der Waals surface area (Å²) in [6.45, 7) is 5.24. The maximum Gasteiger partial charge on any atom is 0.267 e. The predicted molar refractivity (Wildman–Crippen MR) is 144 cm³/mol. The Bertz CT molecular complexity index is 1430. The number of aromatic nitrogens is 2. The number of fused-ring (bicyclic) bond motifs is 1. The third kappa shape index (κ3) is 4.70. The van der Waals surface area contributed by atoms with Crippen LogP contribution in [0.2, 0.25) is 0 Å². The van der Waals surface area contributed by atoms with E-state index < -0.39 is 15.9 Å². The molecule has 3 aliphatic rings. The molecule has 1 unspecified atom stereocenters. The van der Waals surface area contributed by atoms with Gasteiger partial charge < -0.3 is 10.0 Å². The summed E-state index contributed by atoms with van der Waals surface area (Å²) >= 11 is 6.53. The van der Waals surface area contributed by atoms with Gasteiger partial charge in [0, 0.05) is 38.9 Å². The zero-order chi connectivity index (χ0) is 25.6. The minimum Gasteiger partial charge on any atom is -0.395 e. The number of pyridine rings is 1. The van der Waals surface area contributed by atoms with Crippen molar-refractivity contribution < 1.29 is 18.3 Å². The number of carbonyl (C=O) groups excluding carboxylic acids is 1. The number of aliphatic hydroxyl groups excluding tert-OH is 1. The smallest absolute Gasteiger partial charge is 0.267 e. The first kappa shape index (κ1) is 25.3. The molecule has 1 N–H and O–H groups in total. The van der Waals surface area contributed by atoms with Crippen molar-refractivity contribution >= 4 is 61.6 Å². The second-order valence-corrected chi connectivity index (χ2v) is 13.1. The maximum atomic E-state index is 13.7. The lowest BCUT2D eigenvalue weighted by atomic mass is 10.2. The van der Waals surface area contributed by atoms with Crippen LogP contribution in [-0.4, -0.2) is 99.8 Å². The highest BCUT2D eigenvalue weighted by molar-refractivity contribution is 8.26. The molecule has 0 radical (unpaired) electrons. The summed E-state index contributed by atoms with van der Waals surface area (Å²) in [5.74, 6) is 0.0663. The first-order valence-corrected chi connectivity index (χ1v) is 14.8. The van der Waals surface area contributed by atoms with Crippen molar-refractivity contribution in [1.82, 2.24) is 19.2 Å². The molecule has 5 rings (SSSR count). The Labute approximate surface area is 218 Å². The van der Waals surface area contributed by atoms with E-state index in [9.17, 15) is 23.1 Å². The first-order valence-electron chi connectivity index (χ1n) is 11.8. The molecule has 3 aliphatic heterocycles. The van der Waals surface area contributed by atoms with E-state index in [4.69, 9.17) is 17.2 Å². The maximum absolute atomic E-state index is 13.7. The standard InChI is InChI=1S/C23H27N5O5S3/c1-15-3-2-5-27-19(15)24-20(26-8-6-25(7-9-26)10-11-29)17(21(27)30)13-18-22(31)28(23(34)35-18)16-4-12-36(32,33)14-16/h2-3,5,13,16,29H,4,6-12,14H2,1H3/b18-13+. The monoisotopic (exact) mass is 549 g/mol. The number of rotatable bonds is 5. The summed E-state index contributed by atoms with van der Waals surface area (Å²) in [5.41, 5.74) is 1.42. The fourth-order valence-corrected chi connectivity index (χ4v) is 7.98. The van der Waals surface area contributed by atoms with Crippen LogP contribution in [-0.2, 0) is 14.6 Å². The van der Waals surface area contributed by atoms with Crippen LogP contribution in [0.25, 0.3) is 11.7 Å². The highest BCUT2D eigenvalue weighted by atomic mass is 32.2. The van der Waals surface area contributed by atoms with Gasteiger partial charge in [-0.2, -0.15) is 0 Å². The molecule has 10 nitrogen and oxygen atoms in total. The van der Waals surface area contributed by atoms with Crippen LogP contribution in [0.4, 0.5) is 5.82 Å². The number of thiocarbonyl (C=S) groups is 1. The minimum absolute atomic E-state index is 0.0372. The van der Waals surface area contributed by atoms with Crippen molar-refractivity contribution in [2.75, 3.05) is 55.7 Å². The Morgan fingerprint density at radius 3 is 2.67 bits per heavy atom. The Morgan fingerprint density at radius 1 is 1.25 bits per heavy atom. The third-order valence-corrected chi connectivity index (χ3v) is 9.91. The molecule has 0 aromatic carbocycles. The summed E-state index contributed by atoms with van der Waals surface area (Å²) in [4.78, 5) is 37.7. The van der Waals surface area contributed by atoms with E-state index in [0.29, 0.717) is 60.5 Å². The van der Waals surface area contributed by atoms with Gasteiger partial charge in [0.05, 0.1) is 34.6 Å². The van der Waals surface area contributed by atoms with Crippen LogP contribution in [0.1, 0.15) is 17.5 Å². The summed E-state index contributed by atoms with van der Waals surface area (Å²) in [6, 6.07) is 3.19. The molecule has 1 amide bonds. The molecule has 2 aromatic rings. The molecule has 0 spiro atoms. The molecule has 3 fully saturated rings. The van der Waals surface area contributed by atoms with Gasteiger partial charge in [-0.15, -0.1) is 0 Å². The number of carbonyl (C=O) groups is 1. The number of nitrogens with zero attached hydrogens (tertiary/aromatic N) is 5. The number of hydrogen-bond acceptors (Lipinski definition) is 10. The average molecular weight is 550 g/mol. The number of anilines is 1. The van der Waals surface area contributed by atoms with Gasteiger partial charge in [-0.1, -0.05) is 30.0 Å². The minimum atomic E-state index is -3.19. The summed E-state index contributed by atoms with van der Waals surface area (Å²) in [5, 5.41) is 9.26. The molecule has 192 valence electrons. The van der Waals surface area contributed by atoms with E-state index in [2.05, 4.69) is 4.90 Å². The Balaban J connectivity index is 1.55. The predicted octanol–water partition coefficient (Wildman–Crippen LogP) is 0.506. The molecular formula is C23H27N5O5S3. The lowest BCUT2D eigenvalue weighted by Gasteiger charge is -2.35. The molecule has 2 aromatic heterocycles. The van der Waals surface area contributed by atoms with Gasteiger partial charge >= 0.3 is 0 Å². The summed E-state index contributed by atoms with van der Waals surface area (Å²) < 4.78 is 25.8. The molecule has 13 heteroatoms. The number of aryl methyl sites for hydroxylation is 1. The quantitative estimate of drug-likeness (QED) is 0.418. The fraction of sp³-hybridized carbons (Fsp3) is 0.478. The van der Waals surface area contributed by atoms with Crippen molar-refractivity contribution in [3.8, 4) is 0 Å². The Hall–Kier alpha value is -2.32. The van der Waals surface area contributed by atoms with Gasteiger partial charge in [0.15, 0.2) is 9.84 Å². The molecule has 3 saturated heterocycles. The number of amides is 1. The van der Waals surface area contributed by atoms with E-state index in [1.165, 1.54) is 9.30 Å².